The minimum Gasteiger partial charge on any atom is -0.507 e. The quantitative estimate of drug-likeness (QED) is 0.338. The molecule has 0 bridgehead atoms. The standard InChI is InChI=1S/C23H18ClNO4S/c1-13-6-3-4-7-16(13)25-20(18-8-5-11-30-18)19(22(27)23(25)28)21(26)14-9-10-17(29-2)15(24)12-14/h3-12,20,26H,1-2H3/b21-19-. The van der Waals surface area contributed by atoms with Crippen LogP contribution in [0, 0.1) is 6.92 Å². The molecule has 1 atom stereocenters. The molecule has 7 heteroatoms. The second-order valence-corrected chi connectivity index (χ2v) is 8.21. The van der Waals surface area contributed by atoms with Crippen LogP contribution in [0.25, 0.3) is 5.76 Å². The van der Waals surface area contributed by atoms with Crippen LogP contribution < -0.4 is 9.64 Å². The van der Waals surface area contributed by atoms with Crippen molar-refractivity contribution >= 4 is 46.1 Å². The number of nitrogens with zero attached hydrogens (tertiary/aromatic N) is 1. The molecule has 1 unspecified atom stereocenters. The Kier molecular flexibility index (Phi) is 5.37. The second-order valence-electron chi connectivity index (χ2n) is 6.82. The van der Waals surface area contributed by atoms with Crippen molar-refractivity contribution in [1.82, 2.24) is 0 Å². The summed E-state index contributed by atoms with van der Waals surface area (Å²) in [6, 6.07) is 15.1. The summed E-state index contributed by atoms with van der Waals surface area (Å²) in [5.74, 6) is -1.24. The number of aliphatic hydroxyl groups is 1. The summed E-state index contributed by atoms with van der Waals surface area (Å²) in [5, 5.41) is 13.3. The van der Waals surface area contributed by atoms with Crippen LogP contribution >= 0.6 is 22.9 Å². The average Bonchev–Trinajstić information content (AvgIpc) is 3.35. The van der Waals surface area contributed by atoms with Crippen LogP contribution in [0.3, 0.4) is 0 Å². The molecule has 0 radical (unpaired) electrons. The third-order valence-corrected chi connectivity index (χ3v) is 6.28. The molecule has 1 saturated heterocycles. The van der Waals surface area contributed by atoms with E-state index in [1.165, 1.54) is 29.4 Å². The molecule has 1 N–H and O–H groups in total. The first kappa shape index (κ1) is 20.2. The molecule has 4 rings (SSSR count). The average molecular weight is 440 g/mol. The number of para-hydroxylation sites is 1. The number of ketones is 1. The summed E-state index contributed by atoms with van der Waals surface area (Å²) in [4.78, 5) is 28.4. The predicted molar refractivity (Wildman–Crippen MR) is 118 cm³/mol. The van der Waals surface area contributed by atoms with E-state index in [4.69, 9.17) is 16.3 Å². The summed E-state index contributed by atoms with van der Waals surface area (Å²) >= 11 is 7.62. The van der Waals surface area contributed by atoms with E-state index in [0.717, 1.165) is 10.4 Å². The smallest absolute Gasteiger partial charge is 0.300 e. The van der Waals surface area contributed by atoms with Crippen molar-refractivity contribution in [3.63, 3.8) is 0 Å². The van der Waals surface area contributed by atoms with Crippen LogP contribution in [-0.4, -0.2) is 23.9 Å². The zero-order valence-corrected chi connectivity index (χ0v) is 17.8. The number of carbonyl (C=O) groups excluding carboxylic acids is 2. The molecule has 1 aliphatic rings. The van der Waals surface area contributed by atoms with Gasteiger partial charge in [-0.3, -0.25) is 14.5 Å². The Balaban J connectivity index is 1.93. The maximum Gasteiger partial charge on any atom is 0.300 e. The topological polar surface area (TPSA) is 66.8 Å². The molecule has 1 fully saturated rings. The Labute approximate surface area is 182 Å². The normalized spacial score (nSPS) is 18.1. The number of halogens is 1. The maximum absolute atomic E-state index is 13.1. The Morgan fingerprint density at radius 3 is 2.53 bits per heavy atom. The lowest BCUT2D eigenvalue weighted by Gasteiger charge is -2.25. The highest BCUT2D eigenvalue weighted by Crippen LogP contribution is 2.44. The first-order chi connectivity index (χ1) is 14.4. The van der Waals surface area contributed by atoms with Crippen molar-refractivity contribution in [3.05, 3.63) is 86.6 Å². The van der Waals surface area contributed by atoms with Crippen LogP contribution in [0.2, 0.25) is 5.02 Å². The van der Waals surface area contributed by atoms with Crippen molar-refractivity contribution < 1.29 is 19.4 Å². The van der Waals surface area contributed by atoms with Gasteiger partial charge in [0.1, 0.15) is 17.6 Å². The summed E-state index contributed by atoms with van der Waals surface area (Å²) in [6.45, 7) is 1.88. The van der Waals surface area contributed by atoms with Gasteiger partial charge >= 0.3 is 0 Å². The Morgan fingerprint density at radius 1 is 1.13 bits per heavy atom. The minimum atomic E-state index is -0.735. The highest BCUT2D eigenvalue weighted by atomic mass is 35.5. The maximum atomic E-state index is 13.1. The predicted octanol–water partition coefficient (Wildman–Crippen LogP) is 5.34. The molecule has 2 heterocycles. The molecule has 1 aromatic heterocycles. The van der Waals surface area contributed by atoms with Gasteiger partial charge in [0, 0.05) is 16.1 Å². The Bertz CT molecular complexity index is 1170. The molecule has 1 amide bonds. The van der Waals surface area contributed by atoms with Crippen LogP contribution in [0.15, 0.2) is 65.6 Å². The third kappa shape index (κ3) is 3.28. The van der Waals surface area contributed by atoms with Gasteiger partial charge in [0.15, 0.2) is 0 Å². The number of Topliss-reactive ketones (excluding diaryl/α,β-unsaturated/α-hetero) is 1. The van der Waals surface area contributed by atoms with Gasteiger partial charge in [-0.1, -0.05) is 35.9 Å². The lowest BCUT2D eigenvalue weighted by atomic mass is 9.99. The SMILES string of the molecule is COc1ccc(/C(O)=C2/C(=O)C(=O)N(c3ccccc3C)C2c2cccs2)cc1Cl. The fraction of sp³-hybridized carbons (Fsp3) is 0.130. The summed E-state index contributed by atoms with van der Waals surface area (Å²) in [6.07, 6.45) is 0. The lowest BCUT2D eigenvalue weighted by molar-refractivity contribution is -0.132. The van der Waals surface area contributed by atoms with E-state index in [1.807, 2.05) is 42.6 Å². The van der Waals surface area contributed by atoms with Gasteiger partial charge in [0.05, 0.1) is 17.7 Å². The third-order valence-electron chi connectivity index (χ3n) is 5.06. The van der Waals surface area contributed by atoms with Gasteiger partial charge in [0.25, 0.3) is 11.7 Å². The number of benzene rings is 2. The Morgan fingerprint density at radius 2 is 1.90 bits per heavy atom. The summed E-state index contributed by atoms with van der Waals surface area (Å²) in [5.41, 5.74) is 1.86. The van der Waals surface area contributed by atoms with E-state index in [1.54, 1.807) is 18.2 Å². The molecule has 2 aromatic carbocycles. The van der Waals surface area contributed by atoms with E-state index < -0.39 is 17.7 Å². The highest BCUT2D eigenvalue weighted by molar-refractivity contribution is 7.10. The van der Waals surface area contributed by atoms with Gasteiger partial charge in [-0.2, -0.15) is 0 Å². The van der Waals surface area contributed by atoms with Gasteiger partial charge < -0.3 is 9.84 Å². The highest BCUT2D eigenvalue weighted by Gasteiger charge is 2.47. The molecule has 1 aliphatic heterocycles. The van der Waals surface area contributed by atoms with E-state index in [-0.39, 0.29) is 11.3 Å². The van der Waals surface area contributed by atoms with Crippen molar-refractivity contribution in [2.75, 3.05) is 12.0 Å². The number of anilines is 1. The number of ether oxygens (including phenoxy) is 1. The van der Waals surface area contributed by atoms with Crippen molar-refractivity contribution in [2.45, 2.75) is 13.0 Å². The number of methoxy groups -OCH3 is 1. The summed E-state index contributed by atoms with van der Waals surface area (Å²) in [7, 11) is 1.49. The van der Waals surface area contributed by atoms with Gasteiger partial charge in [-0.15, -0.1) is 11.3 Å². The molecule has 30 heavy (non-hydrogen) atoms. The van der Waals surface area contributed by atoms with Crippen LogP contribution in [0.4, 0.5) is 5.69 Å². The van der Waals surface area contributed by atoms with Crippen LogP contribution in [0.5, 0.6) is 5.75 Å². The number of carbonyl (C=O) groups is 2. The molecule has 0 saturated carbocycles. The number of thiophene rings is 1. The minimum absolute atomic E-state index is 0.0342. The zero-order chi connectivity index (χ0) is 21.4. The molecule has 5 nitrogen and oxygen atoms in total. The number of hydrogen-bond acceptors (Lipinski definition) is 5. The monoisotopic (exact) mass is 439 g/mol. The molecule has 0 spiro atoms. The number of aliphatic hydroxyl groups excluding tert-OH is 1. The van der Waals surface area contributed by atoms with E-state index >= 15 is 0 Å². The van der Waals surface area contributed by atoms with Gasteiger partial charge in [0.2, 0.25) is 0 Å². The molecule has 0 aliphatic carbocycles. The summed E-state index contributed by atoms with van der Waals surface area (Å²) < 4.78 is 5.15. The zero-order valence-electron chi connectivity index (χ0n) is 16.3. The Hall–Kier alpha value is -3.09. The van der Waals surface area contributed by atoms with Gasteiger partial charge in [-0.05, 0) is 48.2 Å². The van der Waals surface area contributed by atoms with Crippen molar-refractivity contribution in [2.24, 2.45) is 0 Å². The number of amides is 1. The first-order valence-corrected chi connectivity index (χ1v) is 10.4. The number of aryl methyl sites for hydroxylation is 1. The molecule has 3 aromatic rings. The molecular weight excluding hydrogens is 422 g/mol. The lowest BCUT2D eigenvalue weighted by Crippen LogP contribution is -2.29. The van der Waals surface area contributed by atoms with E-state index in [2.05, 4.69) is 0 Å². The molecule has 152 valence electrons. The first-order valence-electron chi connectivity index (χ1n) is 9.18. The van der Waals surface area contributed by atoms with Gasteiger partial charge in [-0.25, -0.2) is 0 Å². The fourth-order valence-corrected chi connectivity index (χ4v) is 4.68. The number of rotatable bonds is 4. The largest absolute Gasteiger partial charge is 0.507 e. The van der Waals surface area contributed by atoms with Crippen LogP contribution in [-0.2, 0) is 9.59 Å². The van der Waals surface area contributed by atoms with Crippen molar-refractivity contribution in [1.29, 1.82) is 0 Å². The number of hydrogen-bond donors (Lipinski definition) is 1. The fourth-order valence-electron chi connectivity index (χ4n) is 3.60. The van der Waals surface area contributed by atoms with E-state index in [9.17, 15) is 14.7 Å². The molecular formula is C23H18ClNO4S. The van der Waals surface area contributed by atoms with E-state index in [0.29, 0.717) is 22.0 Å². The second kappa shape index (κ2) is 7.97. The van der Waals surface area contributed by atoms with Crippen molar-refractivity contribution in [3.8, 4) is 5.75 Å². The van der Waals surface area contributed by atoms with Crippen LogP contribution in [0.1, 0.15) is 22.0 Å².